The first kappa shape index (κ1) is 19.7. The van der Waals surface area contributed by atoms with Gasteiger partial charge in [-0.05, 0) is 42.7 Å². The van der Waals surface area contributed by atoms with Crippen LogP contribution in [0.4, 0.5) is 5.82 Å². The first-order chi connectivity index (χ1) is 14.7. The fourth-order valence-electron chi connectivity index (χ4n) is 4.18. The Morgan fingerprint density at radius 2 is 2.10 bits per heavy atom. The molecule has 9 heteroatoms. The molecule has 7 nitrogen and oxygen atoms in total. The van der Waals surface area contributed by atoms with Crippen LogP contribution >= 0.6 is 23.4 Å². The summed E-state index contributed by atoms with van der Waals surface area (Å²) in [6.07, 6.45) is 8.97. The van der Waals surface area contributed by atoms with Crippen LogP contribution in [-0.4, -0.2) is 44.1 Å². The molecule has 1 atom stereocenters. The van der Waals surface area contributed by atoms with Crippen molar-refractivity contribution in [2.75, 3.05) is 18.0 Å². The van der Waals surface area contributed by atoms with Gasteiger partial charge in [-0.25, -0.2) is 19.9 Å². The van der Waals surface area contributed by atoms with E-state index in [2.05, 4.69) is 26.8 Å². The highest BCUT2D eigenvalue weighted by molar-refractivity contribution is 7.99. The van der Waals surface area contributed by atoms with E-state index in [0.717, 1.165) is 64.7 Å². The van der Waals surface area contributed by atoms with Crippen LogP contribution in [-0.2, 0) is 6.42 Å². The van der Waals surface area contributed by atoms with Crippen molar-refractivity contribution in [2.24, 2.45) is 5.73 Å². The Labute approximate surface area is 184 Å². The summed E-state index contributed by atoms with van der Waals surface area (Å²) in [4.78, 5) is 26.1. The van der Waals surface area contributed by atoms with E-state index >= 15 is 0 Å². The van der Waals surface area contributed by atoms with E-state index in [4.69, 9.17) is 27.3 Å². The Morgan fingerprint density at radius 1 is 1.23 bits per heavy atom. The predicted molar refractivity (Wildman–Crippen MR) is 120 cm³/mol. The summed E-state index contributed by atoms with van der Waals surface area (Å²) in [7, 11) is 0. The second kappa shape index (κ2) is 8.09. The second-order valence-corrected chi connectivity index (χ2v) is 8.92. The monoisotopic (exact) mass is 439 g/mol. The van der Waals surface area contributed by atoms with Crippen molar-refractivity contribution < 1.29 is 0 Å². The normalized spacial score (nSPS) is 18.5. The maximum Gasteiger partial charge on any atom is 0.194 e. The van der Waals surface area contributed by atoms with Crippen LogP contribution in [0.5, 0.6) is 0 Å². The highest BCUT2D eigenvalue weighted by Gasteiger charge is 2.33. The molecule has 0 amide bonds. The van der Waals surface area contributed by atoms with E-state index in [1.54, 1.807) is 18.6 Å². The van der Waals surface area contributed by atoms with E-state index in [-0.39, 0.29) is 6.04 Å². The molecule has 0 spiro atoms. The van der Waals surface area contributed by atoms with Crippen LogP contribution in [0.2, 0.25) is 0 Å². The minimum absolute atomic E-state index is 0.287. The van der Waals surface area contributed by atoms with Crippen molar-refractivity contribution in [3.8, 4) is 0 Å². The van der Waals surface area contributed by atoms with Gasteiger partial charge >= 0.3 is 0 Å². The van der Waals surface area contributed by atoms with E-state index < -0.39 is 0 Å². The zero-order chi connectivity index (χ0) is 20.7. The lowest BCUT2D eigenvalue weighted by Gasteiger charge is -2.27. The van der Waals surface area contributed by atoms with Gasteiger partial charge in [-0.1, -0.05) is 18.5 Å². The largest absolute Gasteiger partial charge is 0.352 e. The summed E-state index contributed by atoms with van der Waals surface area (Å²) in [6.45, 7) is 3.68. The van der Waals surface area contributed by atoms with Crippen molar-refractivity contribution in [3.63, 3.8) is 0 Å². The third-order valence-corrected chi connectivity index (χ3v) is 6.99. The lowest BCUT2D eigenvalue weighted by molar-refractivity contribution is 0.665. The van der Waals surface area contributed by atoms with Gasteiger partial charge < -0.3 is 10.6 Å². The van der Waals surface area contributed by atoms with Gasteiger partial charge in [0.2, 0.25) is 0 Å². The molecule has 0 saturated carbocycles. The molecule has 0 radical (unpaired) electrons. The number of rotatable bonds is 5. The minimum Gasteiger partial charge on any atom is -0.352 e. The Bertz CT molecular complexity index is 1150. The quantitative estimate of drug-likeness (QED) is 0.600. The molecule has 1 saturated heterocycles. The molecule has 1 aliphatic carbocycles. The third-order valence-electron chi connectivity index (χ3n) is 5.71. The maximum absolute atomic E-state index is 6.77. The summed E-state index contributed by atoms with van der Waals surface area (Å²) in [5.41, 5.74) is 10.6. The molecule has 2 aliphatic rings. The van der Waals surface area contributed by atoms with E-state index in [1.807, 2.05) is 6.07 Å². The first-order valence-electron chi connectivity index (χ1n) is 10.2. The highest BCUT2D eigenvalue weighted by Crippen LogP contribution is 2.43. The molecule has 1 aliphatic heterocycles. The third kappa shape index (κ3) is 3.42. The number of nitrogens with two attached hydrogens (primary N) is 1. The Kier molecular flexibility index (Phi) is 5.30. The zero-order valence-corrected chi connectivity index (χ0v) is 18.2. The lowest BCUT2D eigenvalue weighted by Crippen LogP contribution is -2.36. The van der Waals surface area contributed by atoms with E-state index in [9.17, 15) is 0 Å². The summed E-state index contributed by atoms with van der Waals surface area (Å²) in [5, 5.41) is 1.50. The standard InChI is InChI=1S/C21H22ClN7S/c1-2-12-8-15-17(18(12)22)20(29-7-3-4-13(29)10-23)28-21(27-15)30-14-9-16-19(26-11-14)25-6-5-24-16/h5-6,9,11,13H,2-4,7-8,10,23H2,1H3/t13-/m0/s1. The number of nitrogens with zero attached hydrogens (tertiary/aromatic N) is 6. The number of pyridine rings is 1. The molecular weight excluding hydrogens is 418 g/mol. The van der Waals surface area contributed by atoms with Gasteiger partial charge in [0.25, 0.3) is 0 Å². The van der Waals surface area contributed by atoms with Gasteiger partial charge in [-0.2, -0.15) is 0 Å². The number of aromatic nitrogens is 5. The second-order valence-electron chi connectivity index (χ2n) is 7.50. The molecule has 0 unspecified atom stereocenters. The van der Waals surface area contributed by atoms with Crippen molar-refractivity contribution in [1.82, 2.24) is 24.9 Å². The van der Waals surface area contributed by atoms with Crippen molar-refractivity contribution in [1.29, 1.82) is 0 Å². The molecule has 0 aromatic carbocycles. The summed E-state index contributed by atoms with van der Waals surface area (Å²) >= 11 is 8.26. The Morgan fingerprint density at radius 3 is 2.93 bits per heavy atom. The molecular formula is C21H22ClN7S. The summed E-state index contributed by atoms with van der Waals surface area (Å²) < 4.78 is 0. The highest BCUT2D eigenvalue weighted by atomic mass is 35.5. The number of hydrogen-bond acceptors (Lipinski definition) is 8. The van der Waals surface area contributed by atoms with Crippen LogP contribution in [0.3, 0.4) is 0 Å². The minimum atomic E-state index is 0.287. The Hall–Kier alpha value is -2.29. The molecule has 5 rings (SSSR count). The van der Waals surface area contributed by atoms with Gasteiger partial charge in [-0.3, -0.25) is 4.98 Å². The number of halogens is 1. The average molecular weight is 440 g/mol. The predicted octanol–water partition coefficient (Wildman–Crippen LogP) is 3.81. The SMILES string of the molecule is CCC1=C(Cl)c2c(nc(Sc3cnc4nccnc4c3)nc2N2CCC[C@H]2CN)C1. The number of anilines is 1. The number of allylic oxidation sites excluding steroid dienone is 1. The van der Waals surface area contributed by atoms with Crippen LogP contribution < -0.4 is 10.6 Å². The van der Waals surface area contributed by atoms with E-state index in [1.165, 1.54) is 17.3 Å². The average Bonchev–Trinajstić information content (AvgIpc) is 3.37. The molecule has 154 valence electrons. The zero-order valence-electron chi connectivity index (χ0n) is 16.7. The molecule has 3 aromatic rings. The molecule has 3 aromatic heterocycles. The van der Waals surface area contributed by atoms with Gasteiger partial charge in [0, 0.05) is 49.0 Å². The Balaban J connectivity index is 1.56. The smallest absolute Gasteiger partial charge is 0.194 e. The van der Waals surface area contributed by atoms with Crippen LogP contribution in [0.15, 0.2) is 40.3 Å². The van der Waals surface area contributed by atoms with Crippen LogP contribution in [0, 0.1) is 0 Å². The van der Waals surface area contributed by atoms with E-state index in [0.29, 0.717) is 17.3 Å². The van der Waals surface area contributed by atoms with Gasteiger partial charge in [0.15, 0.2) is 10.8 Å². The van der Waals surface area contributed by atoms with Crippen molar-refractivity contribution in [3.05, 3.63) is 41.5 Å². The fraction of sp³-hybridized carbons (Fsp3) is 0.381. The molecule has 0 bridgehead atoms. The summed E-state index contributed by atoms with van der Waals surface area (Å²) in [5.74, 6) is 0.914. The molecule has 1 fully saturated rings. The fourth-order valence-corrected chi connectivity index (χ4v) is 5.34. The van der Waals surface area contributed by atoms with Gasteiger partial charge in [0.1, 0.15) is 11.3 Å². The van der Waals surface area contributed by atoms with Crippen molar-refractivity contribution >= 4 is 45.4 Å². The maximum atomic E-state index is 6.77. The van der Waals surface area contributed by atoms with Crippen LogP contribution in [0.25, 0.3) is 16.2 Å². The summed E-state index contributed by atoms with van der Waals surface area (Å²) in [6, 6.07) is 2.26. The van der Waals surface area contributed by atoms with Crippen molar-refractivity contribution in [2.45, 2.75) is 48.7 Å². The lowest BCUT2D eigenvalue weighted by atomic mass is 10.2. The number of fused-ring (bicyclic) bond motifs is 2. The van der Waals surface area contributed by atoms with Gasteiger partial charge in [0.05, 0.1) is 16.3 Å². The topological polar surface area (TPSA) is 93.7 Å². The molecule has 30 heavy (non-hydrogen) atoms. The van der Waals surface area contributed by atoms with Gasteiger partial charge in [-0.15, -0.1) is 0 Å². The van der Waals surface area contributed by atoms with Crippen LogP contribution in [0.1, 0.15) is 37.4 Å². The molecule has 2 N–H and O–H groups in total. The first-order valence-corrected chi connectivity index (χ1v) is 11.4. The number of hydrogen-bond donors (Lipinski definition) is 1. The molecule has 4 heterocycles.